The zero-order valence-electron chi connectivity index (χ0n) is 11.4. The number of aliphatic imine (C=N–C) groups is 2. The second-order valence-electron chi connectivity index (χ2n) is 4.62. The van der Waals surface area contributed by atoms with E-state index in [0.29, 0.717) is 0 Å². The second-order valence-corrected chi connectivity index (χ2v) is 4.62. The molecule has 0 bridgehead atoms. The van der Waals surface area contributed by atoms with Gasteiger partial charge in [-0.15, -0.1) is 12.4 Å². The first-order valence-electron chi connectivity index (χ1n) is 6.44. The summed E-state index contributed by atoms with van der Waals surface area (Å²) in [4.78, 5) is 9.71. The molecular formula is C13H18ClF2N5. The van der Waals surface area contributed by atoms with Crippen LogP contribution in [0.4, 0.5) is 14.5 Å². The fourth-order valence-corrected chi connectivity index (χ4v) is 2.07. The summed E-state index contributed by atoms with van der Waals surface area (Å²) in [6.45, 7) is 1.66. The van der Waals surface area contributed by atoms with Crippen molar-refractivity contribution in [2.24, 2.45) is 21.5 Å². The smallest absolute Gasteiger partial charge is 0.223 e. The Balaban J connectivity index is 0.00000220. The van der Waals surface area contributed by atoms with Crippen molar-refractivity contribution < 1.29 is 8.78 Å². The molecule has 0 spiro atoms. The highest BCUT2D eigenvalue weighted by Crippen LogP contribution is 2.16. The Morgan fingerprint density at radius 3 is 2.14 bits per heavy atom. The van der Waals surface area contributed by atoms with Gasteiger partial charge in [-0.25, -0.2) is 13.8 Å². The average molecular weight is 318 g/mol. The van der Waals surface area contributed by atoms with E-state index in [1.165, 1.54) is 6.42 Å². The summed E-state index contributed by atoms with van der Waals surface area (Å²) < 4.78 is 26.0. The molecule has 1 saturated heterocycles. The molecule has 0 saturated carbocycles. The molecule has 8 heteroatoms. The van der Waals surface area contributed by atoms with E-state index in [1.807, 2.05) is 4.90 Å². The van der Waals surface area contributed by atoms with E-state index in [0.717, 1.165) is 44.1 Å². The van der Waals surface area contributed by atoms with Crippen LogP contribution in [0.3, 0.4) is 0 Å². The van der Waals surface area contributed by atoms with Crippen LogP contribution in [0.15, 0.2) is 28.2 Å². The Kier molecular flexibility index (Phi) is 6.36. The second kappa shape index (κ2) is 7.78. The van der Waals surface area contributed by atoms with Crippen molar-refractivity contribution in [1.29, 1.82) is 0 Å². The van der Waals surface area contributed by atoms with Gasteiger partial charge in [-0.1, -0.05) is 0 Å². The molecular weight excluding hydrogens is 300 g/mol. The van der Waals surface area contributed by atoms with Crippen LogP contribution in [0.5, 0.6) is 0 Å². The minimum Gasteiger partial charge on any atom is -0.369 e. The van der Waals surface area contributed by atoms with Gasteiger partial charge in [0.25, 0.3) is 0 Å². The lowest BCUT2D eigenvalue weighted by Gasteiger charge is -2.27. The van der Waals surface area contributed by atoms with Gasteiger partial charge in [0.05, 0.1) is 5.69 Å². The summed E-state index contributed by atoms with van der Waals surface area (Å²) in [5, 5.41) is 0. The van der Waals surface area contributed by atoms with E-state index < -0.39 is 11.6 Å². The molecule has 0 amide bonds. The lowest BCUT2D eigenvalue weighted by molar-refractivity contribution is 0.339. The standard InChI is InChI=1S/C13H17F2N5.ClH/c14-9-6-10(15)8-11(7-9)18-12(16)19-13(17)20-4-2-1-3-5-20;/h6-8H,1-5H2,(H4,16,17,18,19);1H. The van der Waals surface area contributed by atoms with Crippen LogP contribution in [0, 0.1) is 11.6 Å². The van der Waals surface area contributed by atoms with Gasteiger partial charge in [-0.2, -0.15) is 4.99 Å². The number of hydrogen-bond acceptors (Lipinski definition) is 1. The van der Waals surface area contributed by atoms with Gasteiger partial charge in [0.2, 0.25) is 5.96 Å². The summed E-state index contributed by atoms with van der Waals surface area (Å²) in [5.74, 6) is -1.28. The SMILES string of the molecule is Cl.NC(=Nc1cc(F)cc(F)c1)N=C(N)N1CCCCC1. The molecule has 1 fully saturated rings. The first-order valence-corrected chi connectivity index (χ1v) is 6.44. The highest BCUT2D eigenvalue weighted by molar-refractivity contribution is 5.94. The van der Waals surface area contributed by atoms with Crippen molar-refractivity contribution in [3.8, 4) is 0 Å². The highest BCUT2D eigenvalue weighted by atomic mass is 35.5. The molecule has 1 aliphatic rings. The van der Waals surface area contributed by atoms with Crippen LogP contribution in [-0.2, 0) is 0 Å². The number of rotatable bonds is 1. The largest absolute Gasteiger partial charge is 0.369 e. The maximum absolute atomic E-state index is 13.0. The first kappa shape index (κ1) is 17.2. The molecule has 0 unspecified atom stereocenters. The number of likely N-dealkylation sites (tertiary alicyclic amines) is 1. The topological polar surface area (TPSA) is 80.0 Å². The Labute approximate surface area is 128 Å². The molecule has 1 heterocycles. The third-order valence-electron chi connectivity index (χ3n) is 3.00. The average Bonchev–Trinajstić information content (AvgIpc) is 2.38. The molecule has 116 valence electrons. The fraction of sp³-hybridized carbons (Fsp3) is 0.385. The Hall–Kier alpha value is -1.89. The molecule has 0 atom stereocenters. The van der Waals surface area contributed by atoms with Gasteiger partial charge in [0.1, 0.15) is 11.6 Å². The third-order valence-corrected chi connectivity index (χ3v) is 3.00. The number of nitrogens with zero attached hydrogens (tertiary/aromatic N) is 3. The minimum absolute atomic E-state index is 0. The number of piperidine rings is 1. The lowest BCUT2D eigenvalue weighted by Crippen LogP contribution is -2.41. The van der Waals surface area contributed by atoms with Crippen LogP contribution in [0.25, 0.3) is 0 Å². The van der Waals surface area contributed by atoms with Crippen LogP contribution in [-0.4, -0.2) is 29.9 Å². The van der Waals surface area contributed by atoms with Crippen molar-refractivity contribution >= 4 is 30.0 Å². The van der Waals surface area contributed by atoms with Crippen LogP contribution in [0.2, 0.25) is 0 Å². The van der Waals surface area contributed by atoms with Gasteiger partial charge in [-0.3, -0.25) is 0 Å². The Morgan fingerprint density at radius 2 is 1.57 bits per heavy atom. The molecule has 0 radical (unpaired) electrons. The summed E-state index contributed by atoms with van der Waals surface area (Å²) in [6, 6.07) is 2.91. The fourth-order valence-electron chi connectivity index (χ4n) is 2.07. The first-order chi connectivity index (χ1) is 9.54. The third kappa shape index (κ3) is 5.18. The minimum atomic E-state index is -0.718. The van der Waals surface area contributed by atoms with E-state index in [-0.39, 0.29) is 30.0 Å². The summed E-state index contributed by atoms with van der Waals surface area (Å²) in [5.41, 5.74) is 11.5. The maximum Gasteiger partial charge on any atom is 0.223 e. The number of benzene rings is 1. The predicted octanol–water partition coefficient (Wildman–Crippen LogP) is 2.13. The lowest BCUT2D eigenvalue weighted by atomic mass is 10.1. The van der Waals surface area contributed by atoms with E-state index in [1.54, 1.807) is 0 Å². The maximum atomic E-state index is 13.0. The van der Waals surface area contributed by atoms with Gasteiger partial charge in [-0.05, 0) is 31.4 Å². The zero-order chi connectivity index (χ0) is 14.5. The van der Waals surface area contributed by atoms with Crippen molar-refractivity contribution in [3.05, 3.63) is 29.8 Å². The van der Waals surface area contributed by atoms with Crippen molar-refractivity contribution in [2.75, 3.05) is 13.1 Å². The van der Waals surface area contributed by atoms with Gasteiger partial charge < -0.3 is 16.4 Å². The Morgan fingerprint density at radius 1 is 1.00 bits per heavy atom. The highest BCUT2D eigenvalue weighted by Gasteiger charge is 2.12. The number of halogens is 3. The molecule has 1 aromatic rings. The molecule has 0 aliphatic carbocycles. The number of hydrogen-bond donors (Lipinski definition) is 2. The molecule has 5 nitrogen and oxygen atoms in total. The number of guanidine groups is 2. The Bertz CT molecular complexity index is 521. The van der Waals surface area contributed by atoms with Crippen molar-refractivity contribution in [2.45, 2.75) is 19.3 Å². The molecule has 1 aromatic carbocycles. The molecule has 4 N–H and O–H groups in total. The predicted molar refractivity (Wildman–Crippen MR) is 81.9 cm³/mol. The van der Waals surface area contributed by atoms with Crippen LogP contribution >= 0.6 is 12.4 Å². The monoisotopic (exact) mass is 317 g/mol. The van der Waals surface area contributed by atoms with E-state index in [4.69, 9.17) is 11.5 Å². The van der Waals surface area contributed by atoms with Crippen molar-refractivity contribution in [1.82, 2.24) is 4.90 Å². The quantitative estimate of drug-likeness (QED) is 0.615. The zero-order valence-corrected chi connectivity index (χ0v) is 12.2. The van der Waals surface area contributed by atoms with E-state index >= 15 is 0 Å². The molecule has 1 aliphatic heterocycles. The van der Waals surface area contributed by atoms with Crippen LogP contribution < -0.4 is 11.5 Å². The molecule has 2 rings (SSSR count). The summed E-state index contributed by atoms with van der Waals surface area (Å²) in [6.07, 6.45) is 3.29. The number of nitrogens with two attached hydrogens (primary N) is 2. The van der Waals surface area contributed by atoms with E-state index in [9.17, 15) is 8.78 Å². The van der Waals surface area contributed by atoms with Gasteiger partial charge in [0, 0.05) is 19.2 Å². The van der Waals surface area contributed by atoms with Crippen LogP contribution in [0.1, 0.15) is 19.3 Å². The summed E-state index contributed by atoms with van der Waals surface area (Å²) in [7, 11) is 0. The van der Waals surface area contributed by atoms with Gasteiger partial charge >= 0.3 is 0 Å². The summed E-state index contributed by atoms with van der Waals surface area (Å²) >= 11 is 0. The van der Waals surface area contributed by atoms with E-state index in [2.05, 4.69) is 9.98 Å². The normalized spacial score (nSPS) is 16.6. The molecule has 0 aromatic heterocycles. The molecule has 21 heavy (non-hydrogen) atoms. The van der Waals surface area contributed by atoms with Crippen molar-refractivity contribution in [3.63, 3.8) is 0 Å². The van der Waals surface area contributed by atoms with Gasteiger partial charge in [0.15, 0.2) is 5.96 Å².